The van der Waals surface area contributed by atoms with E-state index < -0.39 is 11.9 Å². The first-order valence-electron chi connectivity index (χ1n) is 40.2. The Morgan fingerprint density at radius 1 is 0.415 bits per heavy atom. The van der Waals surface area contributed by atoms with E-state index in [4.69, 9.17) is 19.4 Å². The molecule has 7 N–H and O–H groups in total. The number of aliphatic hydroxyl groups is 3. The molecular formula is C100H105FN8O9. The summed E-state index contributed by atoms with van der Waals surface area (Å²) >= 11 is 0. The predicted molar refractivity (Wildman–Crippen MR) is 471 cm³/mol. The summed E-state index contributed by atoms with van der Waals surface area (Å²) in [6.45, 7) is 12.1. The van der Waals surface area contributed by atoms with Crippen LogP contribution in [0.25, 0.3) is 11.3 Å². The number of furan rings is 1. The largest absolute Gasteiger partial charge is 0.495 e. The first-order valence-corrected chi connectivity index (χ1v) is 40.2. The highest BCUT2D eigenvalue weighted by molar-refractivity contribution is 6.05. The second-order valence-corrected chi connectivity index (χ2v) is 29.3. The van der Waals surface area contributed by atoms with Crippen LogP contribution >= 0.6 is 0 Å². The average Bonchev–Trinajstić information content (AvgIpc) is 1.30. The Balaban J connectivity index is 0.000000166. The molecule has 0 radical (unpaired) electrons. The molecule has 0 saturated carbocycles. The zero-order valence-electron chi connectivity index (χ0n) is 68.3. The summed E-state index contributed by atoms with van der Waals surface area (Å²) in [4.78, 5) is 67.4. The van der Waals surface area contributed by atoms with Crippen molar-refractivity contribution >= 4 is 69.2 Å². The second-order valence-electron chi connectivity index (χ2n) is 29.3. The molecule has 13 aromatic rings. The highest BCUT2D eigenvalue weighted by Gasteiger charge is 2.21. The number of halogens is 1. The number of unbranched alkanes of at least 4 members (excludes halogenated alkanes) is 2. The standard InChI is InChI=1S/C27H26N2O3.C25H28N2O2.C24H25FN2O.C24H26N2O3/c1-19-6-2-7-20(16-19)17-21-12-13-28-26(18-21)29-23-9-3-8-22(24(31)10-4-14-30)27(23)25-11-5-15-32-25;1-4-5-9-23(28)21-10-11-24(29-3)22(17-21)27-25-16-20(12-13-26-25)15-19-8-6-7-18(2)14-19;1-3-4-11-22(28)20-9-6-10-21(24(20)25)27-23-16-19(12-13-26-23)15-18-8-5-7-17(2)14-18;1-17-4-2-5-18(12-17)13-19-10-11-25-24(14-19)26-21-7-3-6-20(15-21)23(29)9-8-22(28)16-27/h2-3,5-9,11-13,15-16,18,30H,4,10,14,17H2,1H3,(H,28,29);6-8,10-14,16-17H,4-5,9,15H2,1-3H3,(H,26,27);5-10,12-14,16H,3-4,11,15H2,1-2H3,(H,26,27);2-7,10-12,14-15,22,27-28H,8-9,13,16H2,1H3,(H,25,26). The van der Waals surface area contributed by atoms with Crippen molar-refractivity contribution in [2.24, 2.45) is 0 Å². The number of aromatic nitrogens is 4. The van der Waals surface area contributed by atoms with Crippen molar-refractivity contribution in [3.8, 4) is 17.1 Å². The minimum atomic E-state index is -0.861. The van der Waals surface area contributed by atoms with E-state index in [0.29, 0.717) is 64.7 Å². The Morgan fingerprint density at radius 2 is 0.831 bits per heavy atom. The molecular weight excluding hydrogens is 1480 g/mol. The molecule has 13 rings (SSSR count). The number of anilines is 8. The number of pyridine rings is 4. The third kappa shape index (κ3) is 27.4. The number of nitrogens with one attached hydrogen (secondary N) is 4. The molecule has 0 aliphatic carbocycles. The second kappa shape index (κ2) is 45.4. The summed E-state index contributed by atoms with van der Waals surface area (Å²) in [5, 5.41) is 40.4. The van der Waals surface area contributed by atoms with Gasteiger partial charge in [0.1, 0.15) is 34.8 Å². The van der Waals surface area contributed by atoms with Crippen LogP contribution in [-0.2, 0) is 25.7 Å². The van der Waals surface area contributed by atoms with E-state index in [-0.39, 0.29) is 66.9 Å². The summed E-state index contributed by atoms with van der Waals surface area (Å²) in [6.07, 6.45) is 16.7. The summed E-state index contributed by atoms with van der Waals surface area (Å²) < 4.78 is 25.9. The minimum Gasteiger partial charge on any atom is -0.495 e. The lowest BCUT2D eigenvalue weighted by Gasteiger charge is -2.15. The van der Waals surface area contributed by atoms with E-state index >= 15 is 0 Å². The molecule has 606 valence electrons. The van der Waals surface area contributed by atoms with E-state index in [9.17, 15) is 28.7 Å². The molecule has 0 fully saturated rings. The third-order valence-corrected chi connectivity index (χ3v) is 19.5. The maximum absolute atomic E-state index is 14.8. The smallest absolute Gasteiger partial charge is 0.165 e. The molecule has 1 unspecified atom stereocenters. The Morgan fingerprint density at radius 3 is 1.30 bits per heavy atom. The molecule has 5 heterocycles. The Bertz CT molecular complexity index is 5460. The van der Waals surface area contributed by atoms with Gasteiger partial charge in [-0.25, -0.2) is 24.3 Å². The molecule has 118 heavy (non-hydrogen) atoms. The fourth-order valence-electron chi connectivity index (χ4n) is 13.4. The van der Waals surface area contributed by atoms with Gasteiger partial charge < -0.3 is 45.7 Å². The number of carbonyl (C=O) groups excluding carboxylic acids is 4. The number of nitrogens with zero attached hydrogens (tertiary/aromatic N) is 4. The summed E-state index contributed by atoms with van der Waals surface area (Å²) in [7, 11) is 1.63. The minimum absolute atomic E-state index is 0.0165. The monoisotopic (exact) mass is 1580 g/mol. The van der Waals surface area contributed by atoms with Crippen LogP contribution in [-0.4, -0.2) is 84.8 Å². The van der Waals surface area contributed by atoms with Gasteiger partial charge in [0.05, 0.1) is 54.3 Å². The van der Waals surface area contributed by atoms with Crippen LogP contribution in [0.1, 0.15) is 186 Å². The van der Waals surface area contributed by atoms with Crippen molar-refractivity contribution in [3.05, 3.63) is 362 Å². The van der Waals surface area contributed by atoms with Crippen LogP contribution in [0.5, 0.6) is 5.75 Å². The number of carbonyl (C=O) groups is 4. The Kier molecular flexibility index (Phi) is 33.7. The number of hydrogen-bond acceptors (Lipinski definition) is 17. The molecule has 18 heteroatoms. The molecule has 0 aliphatic heterocycles. The summed E-state index contributed by atoms with van der Waals surface area (Å²) in [5.74, 6) is 3.36. The highest BCUT2D eigenvalue weighted by atomic mass is 19.1. The van der Waals surface area contributed by atoms with Crippen LogP contribution in [0, 0.1) is 33.5 Å². The molecule has 8 aromatic carbocycles. The van der Waals surface area contributed by atoms with Crippen molar-refractivity contribution in [1.29, 1.82) is 0 Å². The fourth-order valence-corrected chi connectivity index (χ4v) is 13.4. The van der Waals surface area contributed by atoms with Crippen LogP contribution < -0.4 is 26.0 Å². The Hall–Kier alpha value is -12.9. The molecule has 17 nitrogen and oxygen atoms in total. The molecule has 0 saturated heterocycles. The van der Waals surface area contributed by atoms with Crippen molar-refractivity contribution in [2.45, 2.75) is 138 Å². The number of aliphatic hydroxyl groups excluding tert-OH is 3. The molecule has 0 amide bonds. The van der Waals surface area contributed by atoms with E-state index in [2.05, 4.69) is 167 Å². The number of hydrogen-bond donors (Lipinski definition) is 7. The van der Waals surface area contributed by atoms with Gasteiger partial charge in [-0.2, -0.15) is 0 Å². The SMILES string of the molecule is CCCCC(=O)c1ccc(OC)c(Nc2cc(Cc3cccc(C)c3)ccn2)c1.CCCCC(=O)c1cccc(Nc2cc(Cc3cccc(C)c3)ccn2)c1F.Cc1cccc(Cc2ccnc(Nc3cccc(C(=O)CCC(O)CO)c3)c2)c1.Cc1cccc(Cc2ccnc(Nc3cccc(C(=O)CCCO)c3-c3ccco3)c2)c1. The number of aryl methyl sites for hydroxylation is 4. The average molecular weight is 1580 g/mol. The maximum atomic E-state index is 14.8. The van der Waals surface area contributed by atoms with Crippen LogP contribution in [0.3, 0.4) is 0 Å². The maximum Gasteiger partial charge on any atom is 0.165 e. The highest BCUT2D eigenvalue weighted by Crippen LogP contribution is 2.36. The lowest BCUT2D eigenvalue weighted by Crippen LogP contribution is -2.14. The van der Waals surface area contributed by atoms with Gasteiger partial charge in [-0.1, -0.05) is 176 Å². The fraction of sp³-hybridized carbons (Fsp3) is 0.240. The van der Waals surface area contributed by atoms with E-state index in [0.717, 1.165) is 96.8 Å². The molecule has 5 aromatic heterocycles. The van der Waals surface area contributed by atoms with Crippen molar-refractivity contribution in [1.82, 2.24) is 19.9 Å². The topological polar surface area (TPSA) is 251 Å². The van der Waals surface area contributed by atoms with Gasteiger partial charge in [0.25, 0.3) is 0 Å². The van der Waals surface area contributed by atoms with E-state index in [1.165, 1.54) is 50.1 Å². The third-order valence-electron chi connectivity index (χ3n) is 19.5. The van der Waals surface area contributed by atoms with Crippen LogP contribution in [0.15, 0.2) is 272 Å². The number of ether oxygens (including phenoxy) is 1. The Labute approximate surface area is 692 Å². The number of ketones is 4. The number of Topliss-reactive ketones (excluding diaryl/α,β-unsaturated/α-hetero) is 4. The van der Waals surface area contributed by atoms with E-state index in [1.807, 2.05) is 110 Å². The first-order chi connectivity index (χ1) is 57.3. The van der Waals surface area contributed by atoms with Gasteiger partial charge in [-0.05, 0) is 233 Å². The van der Waals surface area contributed by atoms with Gasteiger partial charge in [-0.15, -0.1) is 0 Å². The van der Waals surface area contributed by atoms with Crippen LogP contribution in [0.4, 0.5) is 50.4 Å². The van der Waals surface area contributed by atoms with Crippen LogP contribution in [0.2, 0.25) is 0 Å². The normalized spacial score (nSPS) is 11.0. The summed E-state index contributed by atoms with van der Waals surface area (Å²) in [6, 6.07) is 76.5. The first kappa shape index (κ1) is 87.5. The zero-order valence-corrected chi connectivity index (χ0v) is 68.3. The number of rotatable bonds is 35. The molecule has 0 spiro atoms. The van der Waals surface area contributed by atoms with Crippen molar-refractivity contribution in [3.63, 3.8) is 0 Å². The zero-order chi connectivity index (χ0) is 83.6. The van der Waals surface area contributed by atoms with Gasteiger partial charge >= 0.3 is 0 Å². The molecule has 0 bridgehead atoms. The van der Waals surface area contributed by atoms with Gasteiger partial charge in [0, 0.05) is 79.5 Å². The molecule has 0 aliphatic rings. The van der Waals surface area contributed by atoms with Crippen molar-refractivity contribution < 1.29 is 48.0 Å². The van der Waals surface area contributed by atoms with Crippen molar-refractivity contribution in [2.75, 3.05) is 41.6 Å². The van der Waals surface area contributed by atoms with Gasteiger partial charge in [-0.3, -0.25) is 19.2 Å². The number of benzene rings is 8. The van der Waals surface area contributed by atoms with E-state index in [1.54, 1.807) is 80.6 Å². The number of methoxy groups -OCH3 is 1. The lowest BCUT2D eigenvalue weighted by atomic mass is 9.97. The predicted octanol–water partition coefficient (Wildman–Crippen LogP) is 22.3. The quantitative estimate of drug-likeness (QED) is 0.0182. The molecule has 1 atom stereocenters. The summed E-state index contributed by atoms with van der Waals surface area (Å²) in [5.41, 5.74) is 19.7. The lowest BCUT2D eigenvalue weighted by molar-refractivity contribution is 0.0779. The van der Waals surface area contributed by atoms with Gasteiger partial charge in [0.15, 0.2) is 29.0 Å². The van der Waals surface area contributed by atoms with Gasteiger partial charge in [0.2, 0.25) is 0 Å².